The fourth-order valence-corrected chi connectivity index (χ4v) is 0.523. The van der Waals surface area contributed by atoms with Gasteiger partial charge in [0.15, 0.2) is 0 Å². The monoisotopic (exact) mass is 161 g/mol. The first-order chi connectivity index (χ1) is 3.42. The van der Waals surface area contributed by atoms with Crippen LogP contribution in [0.15, 0.2) is 0 Å². The average Bonchev–Trinajstić information content (AvgIpc) is 1.21. The third-order valence-corrected chi connectivity index (χ3v) is 0.957. The molecule has 2 N–H and O–H groups in total. The van der Waals surface area contributed by atoms with E-state index in [1.165, 1.54) is 0 Å². The quantitative estimate of drug-likeness (QED) is 0.323. The van der Waals surface area contributed by atoms with Crippen LogP contribution in [0.3, 0.4) is 0 Å². The molecule has 0 aliphatic rings. The summed E-state index contributed by atoms with van der Waals surface area (Å²) in [5, 5.41) is 0. The van der Waals surface area contributed by atoms with E-state index in [0.717, 1.165) is 0 Å². The first kappa shape index (κ1) is 12.1. The topological polar surface area (TPSA) is 100 Å². The molecule has 0 aliphatic heterocycles. The summed E-state index contributed by atoms with van der Waals surface area (Å²) >= 11 is 0. The van der Waals surface area contributed by atoms with Crippen molar-refractivity contribution in [3.63, 3.8) is 0 Å². The predicted octanol–water partition coefficient (Wildman–Crippen LogP) is -4.98. The Morgan fingerprint density at radius 3 is 1.89 bits per heavy atom. The largest absolute Gasteiger partial charge is 1.00 e. The van der Waals surface area contributed by atoms with Crippen LogP contribution in [0.2, 0.25) is 0 Å². The number of hydrogen-bond acceptors (Lipinski definition) is 4. The molecule has 0 rings (SSSR count). The Hall–Kier alpha value is 0.380. The number of amides is 1. The van der Waals surface area contributed by atoms with Gasteiger partial charge in [-0.1, -0.05) is 0 Å². The van der Waals surface area contributed by atoms with E-state index < -0.39 is 21.8 Å². The summed E-state index contributed by atoms with van der Waals surface area (Å²) in [6.07, 6.45) is 0. The van der Waals surface area contributed by atoms with Crippen molar-refractivity contribution >= 4 is 16.0 Å². The van der Waals surface area contributed by atoms with Gasteiger partial charge in [0.2, 0.25) is 5.91 Å². The molecule has 5 nitrogen and oxygen atoms in total. The Morgan fingerprint density at radius 1 is 1.56 bits per heavy atom. The molecule has 0 atom stereocenters. The molecule has 0 bridgehead atoms. The maximum atomic E-state index is 9.66. The maximum Gasteiger partial charge on any atom is 1.00 e. The summed E-state index contributed by atoms with van der Waals surface area (Å²) in [6.45, 7) is 0. The number of carbonyl (C=O) groups is 1. The summed E-state index contributed by atoms with van der Waals surface area (Å²) in [5.74, 6) is -2.24. The Bertz CT molecular complexity index is 185. The number of hydrogen-bond donors (Lipinski definition) is 1. The average molecular weight is 161 g/mol. The van der Waals surface area contributed by atoms with Gasteiger partial charge in [-0.2, -0.15) is 0 Å². The minimum Gasteiger partial charge on any atom is -0.748 e. The number of rotatable bonds is 2. The second-order valence-corrected chi connectivity index (χ2v) is 2.57. The van der Waals surface area contributed by atoms with Crippen molar-refractivity contribution in [2.75, 3.05) is 5.75 Å². The second kappa shape index (κ2) is 4.24. The Kier molecular flexibility index (Phi) is 5.69. The first-order valence-corrected chi connectivity index (χ1v) is 3.21. The molecule has 0 aromatic rings. The molecule has 1 amide bonds. The summed E-state index contributed by atoms with van der Waals surface area (Å²) in [5.41, 5.74) is 4.36. The minimum absolute atomic E-state index is 0. The second-order valence-electron chi connectivity index (χ2n) is 1.17. The summed E-state index contributed by atoms with van der Waals surface area (Å²) in [7, 11) is -4.45. The van der Waals surface area contributed by atoms with Crippen LogP contribution in [0.5, 0.6) is 0 Å². The molecule has 0 radical (unpaired) electrons. The van der Waals surface area contributed by atoms with Crippen LogP contribution in [-0.4, -0.2) is 24.6 Å². The van der Waals surface area contributed by atoms with E-state index in [2.05, 4.69) is 5.73 Å². The van der Waals surface area contributed by atoms with E-state index in [1.807, 2.05) is 0 Å². The Morgan fingerprint density at radius 2 is 1.89 bits per heavy atom. The van der Waals surface area contributed by atoms with Gasteiger partial charge in [0.25, 0.3) is 0 Å². The first-order valence-electron chi connectivity index (χ1n) is 1.64. The van der Waals surface area contributed by atoms with Crippen LogP contribution < -0.4 is 35.3 Å². The van der Waals surface area contributed by atoms with Gasteiger partial charge in [-0.3, -0.25) is 4.79 Å². The normalized spacial score (nSPS) is 9.89. The molecule has 0 unspecified atom stereocenters. The van der Waals surface area contributed by atoms with Crippen molar-refractivity contribution < 1.29 is 47.3 Å². The van der Waals surface area contributed by atoms with Gasteiger partial charge in [-0.25, -0.2) is 8.42 Å². The van der Waals surface area contributed by atoms with E-state index in [1.54, 1.807) is 0 Å². The van der Waals surface area contributed by atoms with Gasteiger partial charge < -0.3 is 10.3 Å². The van der Waals surface area contributed by atoms with E-state index in [-0.39, 0.29) is 29.6 Å². The van der Waals surface area contributed by atoms with Gasteiger partial charge in [0.05, 0.1) is 0 Å². The SMILES string of the molecule is NC(=O)CS(=O)(=O)[O-].[Na+]. The zero-order chi connectivity index (χ0) is 6.78. The number of nitrogens with two attached hydrogens (primary N) is 1. The molecule has 0 aliphatic carbocycles. The van der Waals surface area contributed by atoms with E-state index in [9.17, 15) is 17.8 Å². The molecule has 0 heterocycles. The van der Waals surface area contributed by atoms with Crippen LogP contribution >= 0.6 is 0 Å². The summed E-state index contributed by atoms with van der Waals surface area (Å²) in [4.78, 5) is 9.66. The van der Waals surface area contributed by atoms with Crippen molar-refractivity contribution in [1.82, 2.24) is 0 Å². The minimum atomic E-state index is -4.45. The molecule has 0 saturated heterocycles. The molecule has 48 valence electrons. The molecule has 0 fully saturated rings. The van der Waals surface area contributed by atoms with Crippen LogP contribution in [0.25, 0.3) is 0 Å². The predicted molar refractivity (Wildman–Crippen MR) is 23.8 cm³/mol. The van der Waals surface area contributed by atoms with Gasteiger partial charge in [-0.05, 0) is 0 Å². The van der Waals surface area contributed by atoms with Crippen molar-refractivity contribution in [3.8, 4) is 0 Å². The molecule has 0 aromatic heterocycles. The Labute approximate surface area is 74.6 Å². The molecular formula is C2H4NNaO4S. The smallest absolute Gasteiger partial charge is 0.748 e. The molecule has 7 heteroatoms. The number of primary amides is 1. The van der Waals surface area contributed by atoms with E-state index in [4.69, 9.17) is 0 Å². The summed E-state index contributed by atoms with van der Waals surface area (Å²) < 4.78 is 28.8. The standard InChI is InChI=1S/C2H5NO4S.Na/c3-2(4)1-8(5,6)7;/h1H2,(H2,3,4)(H,5,6,7);/q;+1/p-1. The third-order valence-electron chi connectivity index (χ3n) is 0.319. The van der Waals surface area contributed by atoms with E-state index >= 15 is 0 Å². The van der Waals surface area contributed by atoms with E-state index in [0.29, 0.717) is 0 Å². The molecule has 0 saturated carbocycles. The summed E-state index contributed by atoms with van der Waals surface area (Å²) in [6, 6.07) is 0. The van der Waals surface area contributed by atoms with Crippen LogP contribution in [-0.2, 0) is 14.9 Å². The molecule has 0 spiro atoms. The van der Waals surface area contributed by atoms with Crippen molar-refractivity contribution in [2.45, 2.75) is 0 Å². The maximum absolute atomic E-state index is 9.66. The zero-order valence-corrected chi connectivity index (χ0v) is 7.64. The molecule has 9 heavy (non-hydrogen) atoms. The van der Waals surface area contributed by atoms with Crippen LogP contribution in [0, 0.1) is 0 Å². The van der Waals surface area contributed by atoms with Gasteiger partial charge >= 0.3 is 29.6 Å². The van der Waals surface area contributed by atoms with Crippen molar-refractivity contribution in [3.05, 3.63) is 0 Å². The fraction of sp³-hybridized carbons (Fsp3) is 0.500. The van der Waals surface area contributed by atoms with Crippen molar-refractivity contribution in [1.29, 1.82) is 0 Å². The van der Waals surface area contributed by atoms with Crippen molar-refractivity contribution in [2.24, 2.45) is 5.73 Å². The zero-order valence-electron chi connectivity index (χ0n) is 4.83. The van der Waals surface area contributed by atoms with Crippen LogP contribution in [0.4, 0.5) is 0 Å². The fourth-order valence-electron chi connectivity index (χ4n) is 0.174. The van der Waals surface area contributed by atoms with Gasteiger partial charge in [0.1, 0.15) is 15.9 Å². The third kappa shape index (κ3) is 11.8. The molecule has 0 aromatic carbocycles. The molecular weight excluding hydrogens is 157 g/mol. The van der Waals surface area contributed by atoms with Crippen LogP contribution in [0.1, 0.15) is 0 Å². The Balaban J connectivity index is 0. The van der Waals surface area contributed by atoms with Gasteiger partial charge in [-0.15, -0.1) is 0 Å². The number of carbonyl (C=O) groups excluding carboxylic acids is 1. The van der Waals surface area contributed by atoms with Gasteiger partial charge in [0, 0.05) is 0 Å².